The van der Waals surface area contributed by atoms with Crippen LogP contribution in [0, 0.1) is 0 Å². The van der Waals surface area contributed by atoms with Crippen LogP contribution in [0.1, 0.15) is 34.5 Å². The molecule has 1 fully saturated rings. The van der Waals surface area contributed by atoms with Gasteiger partial charge in [0.2, 0.25) is 5.91 Å². The molecule has 4 rings (SSSR count). The normalized spacial score (nSPS) is 16.4. The SMILES string of the molecule is O=C(CCN(CCCN1CCOCC1)C(=O)c1cnccn1)N1CCc2ccccc2C1. The molecule has 1 aromatic heterocycles. The average Bonchev–Trinajstić information content (AvgIpc) is 2.86. The Morgan fingerprint density at radius 1 is 1.03 bits per heavy atom. The fourth-order valence-electron chi connectivity index (χ4n) is 4.29. The molecule has 170 valence electrons. The van der Waals surface area contributed by atoms with Crippen molar-refractivity contribution in [3.63, 3.8) is 0 Å². The number of aromatic nitrogens is 2. The fraction of sp³-hybridized carbons (Fsp3) is 0.500. The van der Waals surface area contributed by atoms with E-state index in [0.29, 0.717) is 31.7 Å². The van der Waals surface area contributed by atoms with Crippen LogP contribution in [-0.4, -0.2) is 89.0 Å². The molecule has 2 amide bonds. The van der Waals surface area contributed by atoms with Crippen LogP contribution in [0.4, 0.5) is 0 Å². The zero-order valence-corrected chi connectivity index (χ0v) is 18.5. The minimum absolute atomic E-state index is 0.0876. The second-order valence-corrected chi connectivity index (χ2v) is 8.27. The van der Waals surface area contributed by atoms with Gasteiger partial charge in [-0.2, -0.15) is 0 Å². The van der Waals surface area contributed by atoms with Gasteiger partial charge in [-0.15, -0.1) is 0 Å². The van der Waals surface area contributed by atoms with Crippen LogP contribution in [0.5, 0.6) is 0 Å². The highest BCUT2D eigenvalue weighted by molar-refractivity contribution is 5.92. The summed E-state index contributed by atoms with van der Waals surface area (Å²) < 4.78 is 5.40. The van der Waals surface area contributed by atoms with Gasteiger partial charge >= 0.3 is 0 Å². The highest BCUT2D eigenvalue weighted by atomic mass is 16.5. The highest BCUT2D eigenvalue weighted by Crippen LogP contribution is 2.19. The van der Waals surface area contributed by atoms with Crippen molar-refractivity contribution in [2.24, 2.45) is 0 Å². The first-order valence-electron chi connectivity index (χ1n) is 11.4. The van der Waals surface area contributed by atoms with Gasteiger partial charge in [-0.25, -0.2) is 4.98 Å². The van der Waals surface area contributed by atoms with Gasteiger partial charge in [-0.05, 0) is 24.0 Å². The molecule has 0 atom stereocenters. The van der Waals surface area contributed by atoms with E-state index < -0.39 is 0 Å². The van der Waals surface area contributed by atoms with Gasteiger partial charge in [0.15, 0.2) is 0 Å². The number of fused-ring (bicyclic) bond motifs is 1. The van der Waals surface area contributed by atoms with Gasteiger partial charge in [-0.1, -0.05) is 24.3 Å². The maximum atomic E-state index is 13.0. The molecule has 0 aliphatic carbocycles. The van der Waals surface area contributed by atoms with Crippen molar-refractivity contribution in [2.45, 2.75) is 25.8 Å². The van der Waals surface area contributed by atoms with E-state index in [4.69, 9.17) is 4.74 Å². The van der Waals surface area contributed by atoms with E-state index in [1.807, 2.05) is 17.0 Å². The van der Waals surface area contributed by atoms with Crippen LogP contribution < -0.4 is 0 Å². The maximum absolute atomic E-state index is 13.0. The smallest absolute Gasteiger partial charge is 0.274 e. The Morgan fingerprint density at radius 3 is 2.62 bits per heavy atom. The molecule has 8 nitrogen and oxygen atoms in total. The third-order valence-corrected chi connectivity index (χ3v) is 6.15. The third-order valence-electron chi connectivity index (χ3n) is 6.15. The van der Waals surface area contributed by atoms with Gasteiger partial charge in [0.1, 0.15) is 5.69 Å². The molecule has 8 heteroatoms. The van der Waals surface area contributed by atoms with Crippen LogP contribution in [0.25, 0.3) is 0 Å². The summed E-state index contributed by atoms with van der Waals surface area (Å²) in [6.45, 7) is 6.61. The minimum atomic E-state index is -0.170. The number of carbonyl (C=O) groups excluding carboxylic acids is 2. The molecule has 0 spiro atoms. The van der Waals surface area contributed by atoms with Crippen molar-refractivity contribution < 1.29 is 14.3 Å². The zero-order valence-electron chi connectivity index (χ0n) is 18.5. The largest absolute Gasteiger partial charge is 0.379 e. The van der Waals surface area contributed by atoms with Crippen molar-refractivity contribution in [1.82, 2.24) is 24.7 Å². The number of ether oxygens (including phenoxy) is 1. The predicted octanol–water partition coefficient (Wildman–Crippen LogP) is 1.62. The van der Waals surface area contributed by atoms with Crippen LogP contribution >= 0.6 is 0 Å². The van der Waals surface area contributed by atoms with E-state index >= 15 is 0 Å². The Labute approximate surface area is 189 Å². The Morgan fingerprint density at radius 2 is 1.84 bits per heavy atom. The maximum Gasteiger partial charge on any atom is 0.274 e. The lowest BCUT2D eigenvalue weighted by Crippen LogP contribution is -2.41. The minimum Gasteiger partial charge on any atom is -0.379 e. The molecule has 0 unspecified atom stereocenters. The summed E-state index contributed by atoms with van der Waals surface area (Å²) in [6, 6.07) is 8.28. The lowest BCUT2D eigenvalue weighted by molar-refractivity contribution is -0.132. The standard InChI is InChI=1S/C24H31N5O3/c30-23(29-12-6-20-4-1-2-5-21(20)19-29)7-13-28(24(31)22-18-25-8-9-26-22)11-3-10-27-14-16-32-17-15-27/h1-2,4-5,8-9,18H,3,6-7,10-17,19H2. The number of rotatable bonds is 8. The average molecular weight is 438 g/mol. The van der Waals surface area contributed by atoms with Crippen LogP contribution in [0.15, 0.2) is 42.9 Å². The number of morpholine rings is 1. The lowest BCUT2D eigenvalue weighted by Gasteiger charge is -2.30. The van der Waals surface area contributed by atoms with Crippen molar-refractivity contribution in [3.8, 4) is 0 Å². The molecule has 1 saturated heterocycles. The summed E-state index contributed by atoms with van der Waals surface area (Å²) in [5.74, 6) is -0.0819. The van der Waals surface area contributed by atoms with Crippen molar-refractivity contribution >= 4 is 11.8 Å². The van der Waals surface area contributed by atoms with Gasteiger partial charge in [0, 0.05) is 64.6 Å². The Balaban J connectivity index is 1.34. The quantitative estimate of drug-likeness (QED) is 0.625. The Bertz CT molecular complexity index is 902. The van der Waals surface area contributed by atoms with Gasteiger partial charge in [0.05, 0.1) is 19.4 Å². The second-order valence-electron chi connectivity index (χ2n) is 8.27. The molecule has 0 N–H and O–H groups in total. The molecule has 0 bridgehead atoms. The number of amides is 2. The first kappa shape index (κ1) is 22.4. The van der Waals surface area contributed by atoms with E-state index in [1.54, 1.807) is 11.1 Å². The summed E-state index contributed by atoms with van der Waals surface area (Å²) in [4.78, 5) is 40.2. The molecule has 0 radical (unpaired) electrons. The lowest BCUT2D eigenvalue weighted by atomic mass is 10.00. The Hall–Kier alpha value is -2.84. The monoisotopic (exact) mass is 437 g/mol. The molecule has 2 aliphatic heterocycles. The first-order chi connectivity index (χ1) is 15.7. The highest BCUT2D eigenvalue weighted by Gasteiger charge is 2.23. The third kappa shape index (κ3) is 5.89. The number of carbonyl (C=O) groups is 2. The molecule has 3 heterocycles. The summed E-state index contributed by atoms with van der Waals surface area (Å²) in [7, 11) is 0. The molecule has 2 aromatic rings. The zero-order chi connectivity index (χ0) is 22.2. The van der Waals surface area contributed by atoms with Gasteiger partial charge in [0.25, 0.3) is 5.91 Å². The molecule has 0 saturated carbocycles. The van der Waals surface area contributed by atoms with Gasteiger partial charge in [-0.3, -0.25) is 19.5 Å². The summed E-state index contributed by atoms with van der Waals surface area (Å²) in [5, 5.41) is 0. The number of nitrogens with zero attached hydrogens (tertiary/aromatic N) is 5. The Kier molecular flexibility index (Phi) is 7.79. The molecular formula is C24H31N5O3. The summed E-state index contributed by atoms with van der Waals surface area (Å²) >= 11 is 0. The summed E-state index contributed by atoms with van der Waals surface area (Å²) in [5.41, 5.74) is 2.85. The van der Waals surface area contributed by atoms with Crippen molar-refractivity contribution in [2.75, 3.05) is 52.5 Å². The van der Waals surface area contributed by atoms with Crippen LogP contribution in [0.2, 0.25) is 0 Å². The predicted molar refractivity (Wildman–Crippen MR) is 120 cm³/mol. The number of hydrogen-bond acceptors (Lipinski definition) is 6. The van der Waals surface area contributed by atoms with E-state index in [2.05, 4.69) is 27.0 Å². The second kappa shape index (κ2) is 11.2. The number of benzene rings is 1. The molecule has 1 aromatic carbocycles. The van der Waals surface area contributed by atoms with Crippen LogP contribution in [-0.2, 0) is 22.5 Å². The molecule has 2 aliphatic rings. The van der Waals surface area contributed by atoms with E-state index in [1.165, 1.54) is 23.5 Å². The first-order valence-corrected chi connectivity index (χ1v) is 11.4. The molecular weight excluding hydrogens is 406 g/mol. The van der Waals surface area contributed by atoms with Gasteiger partial charge < -0.3 is 14.5 Å². The molecule has 32 heavy (non-hydrogen) atoms. The fourth-order valence-corrected chi connectivity index (χ4v) is 4.29. The summed E-state index contributed by atoms with van der Waals surface area (Å²) in [6.07, 6.45) is 6.60. The van der Waals surface area contributed by atoms with E-state index in [-0.39, 0.29) is 11.8 Å². The van der Waals surface area contributed by atoms with E-state index in [0.717, 1.165) is 52.2 Å². The number of hydrogen-bond donors (Lipinski definition) is 0. The van der Waals surface area contributed by atoms with Crippen LogP contribution in [0.3, 0.4) is 0 Å². The van der Waals surface area contributed by atoms with Crippen molar-refractivity contribution in [1.29, 1.82) is 0 Å². The van der Waals surface area contributed by atoms with Crippen molar-refractivity contribution in [3.05, 3.63) is 59.7 Å². The topological polar surface area (TPSA) is 78.9 Å². The van der Waals surface area contributed by atoms with E-state index in [9.17, 15) is 9.59 Å².